The second kappa shape index (κ2) is 4.11. The van der Waals surface area contributed by atoms with Gasteiger partial charge in [-0.05, 0) is 32.4 Å². The molecular weight excluding hydrogens is 244 g/mol. The lowest BCUT2D eigenvalue weighted by Gasteiger charge is -2.35. The van der Waals surface area contributed by atoms with E-state index in [0.717, 1.165) is 12.2 Å². The maximum absolute atomic E-state index is 12.4. The van der Waals surface area contributed by atoms with Crippen molar-refractivity contribution in [2.75, 3.05) is 6.54 Å². The van der Waals surface area contributed by atoms with Gasteiger partial charge in [0.15, 0.2) is 0 Å². The largest absolute Gasteiger partial charge is 0.481 e. The van der Waals surface area contributed by atoms with Crippen molar-refractivity contribution in [2.45, 2.75) is 32.9 Å². The molecule has 19 heavy (non-hydrogen) atoms. The highest BCUT2D eigenvalue weighted by Crippen LogP contribution is 2.42. The van der Waals surface area contributed by atoms with Crippen LogP contribution in [0.1, 0.15) is 30.8 Å². The Kier molecular flexibility index (Phi) is 2.66. The minimum absolute atomic E-state index is 0.00463. The molecule has 1 N–H and O–H groups in total. The standard InChI is InChI=1S/C14H18N2O3/c1-8-3-4-12-9(2)16(6-5-15(8)12)13(17)10-7-11(10)14(18)19/h3-4,9-11H,5-7H2,1-2H3,(H,18,19)/t9?,10-,11+/m1/s1. The van der Waals surface area contributed by atoms with E-state index in [-0.39, 0.29) is 17.9 Å². The molecule has 2 heterocycles. The zero-order valence-electron chi connectivity index (χ0n) is 11.2. The number of carboxylic acids is 1. The number of aromatic nitrogens is 1. The Morgan fingerprint density at radius 3 is 2.63 bits per heavy atom. The van der Waals surface area contributed by atoms with Gasteiger partial charge in [0.05, 0.1) is 17.9 Å². The number of aryl methyl sites for hydroxylation is 1. The first-order valence-electron chi connectivity index (χ1n) is 6.70. The summed E-state index contributed by atoms with van der Waals surface area (Å²) in [6.45, 7) is 5.55. The van der Waals surface area contributed by atoms with E-state index < -0.39 is 11.9 Å². The molecule has 0 aromatic carbocycles. The molecule has 5 nitrogen and oxygen atoms in total. The molecule has 0 spiro atoms. The van der Waals surface area contributed by atoms with Gasteiger partial charge in [-0.2, -0.15) is 0 Å². The average molecular weight is 262 g/mol. The summed E-state index contributed by atoms with van der Waals surface area (Å²) in [5.74, 6) is -1.61. The molecule has 1 amide bonds. The van der Waals surface area contributed by atoms with Gasteiger partial charge in [0, 0.05) is 24.5 Å². The highest BCUT2D eigenvalue weighted by atomic mass is 16.4. The Morgan fingerprint density at radius 1 is 1.26 bits per heavy atom. The molecule has 1 unspecified atom stereocenters. The second-order valence-electron chi connectivity index (χ2n) is 5.55. The van der Waals surface area contributed by atoms with Gasteiger partial charge in [0.1, 0.15) is 0 Å². The molecule has 3 rings (SSSR count). The van der Waals surface area contributed by atoms with Crippen LogP contribution in [0.5, 0.6) is 0 Å². The molecule has 1 fully saturated rings. The van der Waals surface area contributed by atoms with Gasteiger partial charge in [0.2, 0.25) is 5.91 Å². The first kappa shape index (κ1) is 12.3. The molecule has 0 bridgehead atoms. The molecular formula is C14H18N2O3. The zero-order valence-corrected chi connectivity index (χ0v) is 11.2. The lowest BCUT2D eigenvalue weighted by atomic mass is 10.1. The van der Waals surface area contributed by atoms with Crippen LogP contribution >= 0.6 is 0 Å². The fourth-order valence-corrected chi connectivity index (χ4v) is 3.08. The third-order valence-corrected chi connectivity index (χ3v) is 4.40. The lowest BCUT2D eigenvalue weighted by Crippen LogP contribution is -2.42. The average Bonchev–Trinajstić information content (AvgIpc) is 3.09. The van der Waals surface area contributed by atoms with Crippen LogP contribution in [0, 0.1) is 18.8 Å². The van der Waals surface area contributed by atoms with E-state index in [0.29, 0.717) is 13.0 Å². The number of carbonyl (C=O) groups excluding carboxylic acids is 1. The number of fused-ring (bicyclic) bond motifs is 1. The van der Waals surface area contributed by atoms with Crippen LogP contribution in [-0.4, -0.2) is 33.0 Å². The molecule has 1 aromatic heterocycles. The second-order valence-corrected chi connectivity index (χ2v) is 5.55. The Morgan fingerprint density at radius 2 is 2.00 bits per heavy atom. The molecule has 0 radical (unpaired) electrons. The third-order valence-electron chi connectivity index (χ3n) is 4.40. The normalized spacial score (nSPS) is 28.9. The summed E-state index contributed by atoms with van der Waals surface area (Å²) in [6.07, 6.45) is 0.497. The minimum atomic E-state index is -0.845. The maximum atomic E-state index is 12.4. The van der Waals surface area contributed by atoms with E-state index in [4.69, 9.17) is 5.11 Å². The molecule has 102 valence electrons. The van der Waals surface area contributed by atoms with Crippen molar-refractivity contribution in [1.29, 1.82) is 0 Å². The number of hydrogen-bond acceptors (Lipinski definition) is 2. The van der Waals surface area contributed by atoms with Crippen molar-refractivity contribution in [3.8, 4) is 0 Å². The first-order valence-corrected chi connectivity index (χ1v) is 6.70. The highest BCUT2D eigenvalue weighted by molar-refractivity contribution is 5.89. The van der Waals surface area contributed by atoms with Crippen LogP contribution in [0.4, 0.5) is 0 Å². The van der Waals surface area contributed by atoms with Gasteiger partial charge < -0.3 is 14.6 Å². The van der Waals surface area contributed by atoms with E-state index in [1.54, 1.807) is 0 Å². The summed E-state index contributed by atoms with van der Waals surface area (Å²) in [5, 5.41) is 8.92. The summed E-state index contributed by atoms with van der Waals surface area (Å²) < 4.78 is 2.23. The van der Waals surface area contributed by atoms with E-state index in [1.165, 1.54) is 5.69 Å². The molecule has 1 saturated carbocycles. The summed E-state index contributed by atoms with van der Waals surface area (Å²) in [7, 11) is 0. The van der Waals surface area contributed by atoms with Crippen molar-refractivity contribution in [3.63, 3.8) is 0 Å². The monoisotopic (exact) mass is 262 g/mol. The molecule has 5 heteroatoms. The Labute approximate surface area is 111 Å². The number of nitrogens with zero attached hydrogens (tertiary/aromatic N) is 2. The van der Waals surface area contributed by atoms with Crippen molar-refractivity contribution in [1.82, 2.24) is 9.47 Å². The van der Waals surface area contributed by atoms with Gasteiger partial charge in [-0.3, -0.25) is 9.59 Å². The maximum Gasteiger partial charge on any atom is 0.307 e. The highest BCUT2D eigenvalue weighted by Gasteiger charge is 2.50. The van der Waals surface area contributed by atoms with Crippen molar-refractivity contribution >= 4 is 11.9 Å². The fraction of sp³-hybridized carbons (Fsp3) is 0.571. The van der Waals surface area contributed by atoms with Crippen LogP contribution in [-0.2, 0) is 16.1 Å². The Bertz CT molecular complexity index is 549. The zero-order chi connectivity index (χ0) is 13.7. The summed E-state index contributed by atoms with van der Waals surface area (Å²) >= 11 is 0. The van der Waals surface area contributed by atoms with Crippen LogP contribution in [0.15, 0.2) is 12.1 Å². The number of hydrogen-bond donors (Lipinski definition) is 1. The third kappa shape index (κ3) is 1.84. The van der Waals surface area contributed by atoms with E-state index in [2.05, 4.69) is 23.6 Å². The molecule has 2 aliphatic rings. The Hall–Kier alpha value is -1.78. The quantitative estimate of drug-likeness (QED) is 0.876. The molecule has 1 aliphatic carbocycles. The molecule has 3 atom stereocenters. The Balaban J connectivity index is 1.78. The predicted molar refractivity (Wildman–Crippen MR) is 68.5 cm³/mol. The van der Waals surface area contributed by atoms with E-state index in [9.17, 15) is 9.59 Å². The number of carbonyl (C=O) groups is 2. The van der Waals surface area contributed by atoms with Gasteiger partial charge in [0.25, 0.3) is 0 Å². The van der Waals surface area contributed by atoms with Crippen molar-refractivity contribution < 1.29 is 14.7 Å². The minimum Gasteiger partial charge on any atom is -0.481 e. The summed E-state index contributed by atoms with van der Waals surface area (Å²) in [4.78, 5) is 25.1. The van der Waals surface area contributed by atoms with E-state index in [1.807, 2.05) is 11.8 Å². The van der Waals surface area contributed by atoms with Crippen LogP contribution in [0.25, 0.3) is 0 Å². The SMILES string of the molecule is Cc1ccc2n1CCN(C(=O)[C@@H]1C[C@@H]1C(=O)O)C2C. The van der Waals surface area contributed by atoms with Gasteiger partial charge >= 0.3 is 5.97 Å². The number of rotatable bonds is 2. The topological polar surface area (TPSA) is 62.5 Å². The van der Waals surface area contributed by atoms with Crippen LogP contribution in [0.3, 0.4) is 0 Å². The predicted octanol–water partition coefficient (Wildman–Crippen LogP) is 1.42. The smallest absolute Gasteiger partial charge is 0.307 e. The summed E-state index contributed by atoms with van der Waals surface area (Å²) in [5.41, 5.74) is 2.36. The van der Waals surface area contributed by atoms with Gasteiger partial charge in [-0.25, -0.2) is 0 Å². The van der Waals surface area contributed by atoms with Gasteiger partial charge in [-0.15, -0.1) is 0 Å². The van der Waals surface area contributed by atoms with Crippen LogP contribution in [0.2, 0.25) is 0 Å². The van der Waals surface area contributed by atoms with Crippen molar-refractivity contribution in [3.05, 3.63) is 23.5 Å². The molecule has 0 saturated heterocycles. The lowest BCUT2D eigenvalue weighted by molar-refractivity contribution is -0.143. The number of aliphatic carboxylic acids is 1. The first-order chi connectivity index (χ1) is 9.00. The number of amides is 1. The molecule has 1 aromatic rings. The number of carboxylic acid groups (broad SMARTS) is 1. The van der Waals surface area contributed by atoms with Crippen molar-refractivity contribution in [2.24, 2.45) is 11.8 Å². The van der Waals surface area contributed by atoms with E-state index >= 15 is 0 Å². The van der Waals surface area contributed by atoms with Gasteiger partial charge in [-0.1, -0.05) is 0 Å². The van der Waals surface area contributed by atoms with Crippen LogP contribution < -0.4 is 0 Å². The fourth-order valence-electron chi connectivity index (χ4n) is 3.08. The summed E-state index contributed by atoms with van der Waals surface area (Å²) in [6, 6.07) is 4.16. The molecule has 1 aliphatic heterocycles.